The molecular weight excluding hydrogens is 650 g/mol. The van der Waals surface area contributed by atoms with Gasteiger partial charge in [0.05, 0.1) is 30.8 Å². The molecule has 2 heterocycles. The van der Waals surface area contributed by atoms with E-state index in [1.807, 2.05) is 33.8 Å². The number of carboxylic acids is 1. The van der Waals surface area contributed by atoms with E-state index in [1.54, 1.807) is 55.3 Å². The Hall–Kier alpha value is -4.01. The summed E-state index contributed by atoms with van der Waals surface area (Å²) in [4.78, 5) is 26.5. The summed E-state index contributed by atoms with van der Waals surface area (Å²) in [5, 5.41) is 17.0. The second kappa shape index (κ2) is 16.1. The molecule has 0 radical (unpaired) electrons. The molecule has 49 heavy (non-hydrogen) atoms. The third kappa shape index (κ3) is 9.37. The maximum atomic E-state index is 13.7. The number of rotatable bonds is 13. The average molecular weight is 700 g/mol. The van der Waals surface area contributed by atoms with Crippen molar-refractivity contribution in [1.29, 1.82) is 5.53 Å². The van der Waals surface area contributed by atoms with Crippen LogP contribution in [-0.2, 0) is 30.8 Å². The van der Waals surface area contributed by atoms with Crippen molar-refractivity contribution >= 4 is 22.1 Å². The van der Waals surface area contributed by atoms with Crippen LogP contribution in [0.2, 0.25) is 0 Å². The predicted octanol–water partition coefficient (Wildman–Crippen LogP) is 5.85. The van der Waals surface area contributed by atoms with Crippen molar-refractivity contribution in [1.82, 2.24) is 14.5 Å². The molecule has 0 saturated carbocycles. The van der Waals surface area contributed by atoms with Gasteiger partial charge in [-0.1, -0.05) is 30.3 Å². The molecule has 1 amide bonds. The molecule has 13 nitrogen and oxygen atoms in total. The van der Waals surface area contributed by atoms with E-state index in [1.165, 1.54) is 10.4 Å². The van der Waals surface area contributed by atoms with Crippen LogP contribution in [0.25, 0.3) is 0 Å². The first-order chi connectivity index (χ1) is 23.1. The highest BCUT2D eigenvalue weighted by molar-refractivity contribution is 7.89. The molecule has 3 N–H and O–H groups in total. The number of carboxylic acid groups (broad SMARTS) is 1. The predicted molar refractivity (Wildman–Crippen MR) is 183 cm³/mol. The van der Waals surface area contributed by atoms with Gasteiger partial charge in [-0.3, -0.25) is 4.79 Å². The number of carbonyl (C=O) groups excluding carboxylic acids is 1. The maximum Gasteiger partial charge on any atom is 0.410 e. The minimum Gasteiger partial charge on any atom is -0.488 e. The number of fused-ring (bicyclic) bond motifs is 1. The lowest BCUT2D eigenvalue weighted by Gasteiger charge is -2.32. The number of benzene rings is 2. The van der Waals surface area contributed by atoms with E-state index in [4.69, 9.17) is 19.7 Å². The Kier molecular flexibility index (Phi) is 12.4. The highest BCUT2D eigenvalue weighted by Gasteiger charge is 2.40. The van der Waals surface area contributed by atoms with Gasteiger partial charge >= 0.3 is 12.1 Å². The monoisotopic (exact) mass is 699 g/mol. The molecule has 268 valence electrons. The van der Waals surface area contributed by atoms with Gasteiger partial charge in [0, 0.05) is 32.4 Å². The molecule has 4 rings (SSSR count). The lowest BCUT2D eigenvalue weighted by atomic mass is 9.81. The zero-order valence-corrected chi connectivity index (χ0v) is 30.0. The highest BCUT2D eigenvalue weighted by atomic mass is 32.2. The largest absolute Gasteiger partial charge is 0.488 e. The Bertz CT molecular complexity index is 1640. The van der Waals surface area contributed by atoms with Crippen molar-refractivity contribution in [2.24, 2.45) is 16.4 Å². The van der Waals surface area contributed by atoms with Crippen LogP contribution in [0.5, 0.6) is 5.75 Å². The Labute approximate surface area is 289 Å². The molecule has 0 spiro atoms. The number of sulfonamides is 1. The summed E-state index contributed by atoms with van der Waals surface area (Å²) in [5.41, 5.74) is 8.72. The summed E-state index contributed by atoms with van der Waals surface area (Å²) in [6, 6.07) is 12.0. The number of likely N-dealkylation sites (tertiary alicyclic amines) is 1. The number of hydrogen-bond donors (Lipinski definition) is 3. The van der Waals surface area contributed by atoms with Gasteiger partial charge < -0.3 is 29.5 Å². The number of nitrogens with one attached hydrogen (secondary N) is 2. The van der Waals surface area contributed by atoms with E-state index in [-0.39, 0.29) is 42.5 Å². The van der Waals surface area contributed by atoms with E-state index in [0.717, 1.165) is 18.4 Å². The van der Waals surface area contributed by atoms with E-state index in [2.05, 4.69) is 10.4 Å². The van der Waals surface area contributed by atoms with Crippen molar-refractivity contribution in [3.05, 3.63) is 71.1 Å². The van der Waals surface area contributed by atoms with Gasteiger partial charge in [0.2, 0.25) is 10.0 Å². The van der Waals surface area contributed by atoms with Gasteiger partial charge in [0.15, 0.2) is 0 Å². The minimum absolute atomic E-state index is 0.0548. The quantitative estimate of drug-likeness (QED) is 0.217. The smallest absolute Gasteiger partial charge is 0.410 e. The first-order valence-corrected chi connectivity index (χ1v) is 18.0. The van der Waals surface area contributed by atoms with Crippen molar-refractivity contribution in [2.45, 2.75) is 84.1 Å². The lowest BCUT2D eigenvalue weighted by molar-refractivity contribution is -0.156. The summed E-state index contributed by atoms with van der Waals surface area (Å²) >= 11 is 0. The van der Waals surface area contributed by atoms with E-state index >= 15 is 0 Å². The Morgan fingerprint density at radius 2 is 1.88 bits per heavy atom. The van der Waals surface area contributed by atoms with Crippen LogP contribution in [0.1, 0.15) is 70.3 Å². The summed E-state index contributed by atoms with van der Waals surface area (Å²) in [5.74, 6) is -0.452. The topological polar surface area (TPSA) is 171 Å². The van der Waals surface area contributed by atoms with Crippen molar-refractivity contribution < 1.29 is 37.3 Å². The molecule has 2 aliphatic rings. The lowest BCUT2D eigenvalue weighted by Crippen LogP contribution is -2.41. The number of aliphatic carboxylic acids is 1. The summed E-state index contributed by atoms with van der Waals surface area (Å²) in [6.07, 6.45) is 1.41. The van der Waals surface area contributed by atoms with Crippen LogP contribution in [0.3, 0.4) is 0 Å². The molecule has 2 aromatic rings. The van der Waals surface area contributed by atoms with Crippen molar-refractivity contribution in [2.75, 3.05) is 32.8 Å². The molecule has 1 saturated heterocycles. The van der Waals surface area contributed by atoms with Gasteiger partial charge in [0.25, 0.3) is 0 Å². The molecular formula is C35H49N5O8S. The number of para-hydroxylation sites is 1. The number of hydrogen-bond acceptors (Lipinski definition) is 10. The normalized spacial score (nSPS) is 19.4. The zero-order valence-electron chi connectivity index (χ0n) is 29.1. The Balaban J connectivity index is 1.47. The average Bonchev–Trinajstić information content (AvgIpc) is 3.13. The van der Waals surface area contributed by atoms with Gasteiger partial charge in [-0.15, -0.1) is 0 Å². The molecule has 0 aliphatic carbocycles. The molecule has 0 bridgehead atoms. The molecule has 2 atom stereocenters. The molecule has 2 aliphatic heterocycles. The first kappa shape index (κ1) is 37.8. The van der Waals surface area contributed by atoms with Gasteiger partial charge in [0.1, 0.15) is 22.4 Å². The zero-order chi connectivity index (χ0) is 35.9. The summed E-state index contributed by atoms with van der Waals surface area (Å²) in [7, 11) is -3.88. The number of amides is 1. The van der Waals surface area contributed by atoms with Gasteiger partial charge in [-0.05, 0) is 89.1 Å². The fourth-order valence-electron chi connectivity index (χ4n) is 5.95. The molecule has 1 fully saturated rings. The standard InChI is InChI=1S/C35H49N5O8S/c1-23(2)47-34(43)39-15-13-26(14-16-39)18-37-19-29(38-36)22-46-32(35(5,6)33(41)42)27-12-11-24(3)28(17-27)21-40-20-25(4)48-30-9-7-8-10-31(30)49(40,44)45/h7-12,17,19,23,25-26,32,36-37H,13-16,18,20-22H2,1-6H3,(H,41,42)/b29-19-,38-36?/t25-,32?/m1/s1. The van der Waals surface area contributed by atoms with E-state index in [0.29, 0.717) is 42.4 Å². The van der Waals surface area contributed by atoms with E-state index in [9.17, 15) is 23.1 Å². The van der Waals surface area contributed by atoms with Crippen LogP contribution in [0, 0.1) is 23.8 Å². The highest BCUT2D eigenvalue weighted by Crippen LogP contribution is 2.39. The van der Waals surface area contributed by atoms with Crippen LogP contribution >= 0.6 is 0 Å². The van der Waals surface area contributed by atoms with Crippen LogP contribution in [0.4, 0.5) is 4.79 Å². The molecule has 2 aromatic carbocycles. The van der Waals surface area contributed by atoms with Crippen LogP contribution in [-0.4, -0.2) is 79.8 Å². The third-order valence-electron chi connectivity index (χ3n) is 8.91. The fourth-order valence-corrected chi connectivity index (χ4v) is 7.56. The first-order valence-electron chi connectivity index (χ1n) is 16.6. The van der Waals surface area contributed by atoms with Crippen molar-refractivity contribution in [3.63, 3.8) is 0 Å². The Morgan fingerprint density at radius 3 is 2.53 bits per heavy atom. The molecule has 0 aromatic heterocycles. The second-order valence-electron chi connectivity index (χ2n) is 13.6. The molecule has 14 heteroatoms. The number of carbonyl (C=O) groups is 2. The van der Waals surface area contributed by atoms with Gasteiger partial charge in [-0.25, -0.2) is 18.7 Å². The van der Waals surface area contributed by atoms with Crippen LogP contribution in [0.15, 0.2) is 64.4 Å². The fraction of sp³-hybridized carbons (Fsp3) is 0.543. The number of nitrogens with zero attached hydrogens (tertiary/aromatic N) is 3. The SMILES string of the molecule is Cc1ccc(C(OC/C(=C/NCC2CCN(C(=O)OC(C)C)CC2)N=N)C(C)(C)C(=O)O)cc1CN1C[C@@H](C)Oc2ccccc2S1(=O)=O. The second-order valence-corrected chi connectivity index (χ2v) is 15.5. The summed E-state index contributed by atoms with van der Waals surface area (Å²) in [6.45, 7) is 12.4. The van der Waals surface area contributed by atoms with Gasteiger partial charge in [-0.2, -0.15) is 9.42 Å². The maximum absolute atomic E-state index is 13.7. The number of aryl methyl sites for hydroxylation is 1. The third-order valence-corrected chi connectivity index (χ3v) is 10.8. The van der Waals surface area contributed by atoms with E-state index < -0.39 is 33.6 Å². The summed E-state index contributed by atoms with van der Waals surface area (Å²) < 4.78 is 46.2. The van der Waals surface area contributed by atoms with Crippen LogP contribution < -0.4 is 10.1 Å². The number of piperidine rings is 1. The van der Waals surface area contributed by atoms with Crippen molar-refractivity contribution in [3.8, 4) is 5.75 Å². The Morgan fingerprint density at radius 1 is 1.18 bits per heavy atom. The minimum atomic E-state index is -3.88. The number of ether oxygens (including phenoxy) is 3. The molecule has 1 unspecified atom stereocenters.